The third kappa shape index (κ3) is 4.59. The first-order valence-electron chi connectivity index (χ1n) is 7.90. The summed E-state index contributed by atoms with van der Waals surface area (Å²) in [5.41, 5.74) is 1.62. The minimum absolute atomic E-state index is 0.177. The van der Waals surface area contributed by atoms with Crippen molar-refractivity contribution in [3.63, 3.8) is 0 Å². The third-order valence-corrected chi connectivity index (χ3v) is 3.91. The largest absolute Gasteiger partial charge is 0.465 e. The number of ether oxygens (including phenoxy) is 1. The lowest BCUT2D eigenvalue weighted by atomic mass is 10.2. The molecule has 0 bridgehead atoms. The first-order chi connectivity index (χ1) is 13.1. The molecule has 0 fully saturated rings. The van der Waals surface area contributed by atoms with E-state index in [0.717, 1.165) is 0 Å². The predicted molar refractivity (Wildman–Crippen MR) is 103 cm³/mol. The number of benzene rings is 2. The zero-order valence-corrected chi connectivity index (χ0v) is 15.0. The van der Waals surface area contributed by atoms with Gasteiger partial charge in [-0.1, -0.05) is 29.8 Å². The number of methoxy groups -OCH3 is 1. The van der Waals surface area contributed by atoms with Gasteiger partial charge in [-0.15, -0.1) is 0 Å². The topological polar surface area (TPSA) is 93.2 Å². The molecule has 136 valence electrons. The van der Waals surface area contributed by atoms with Gasteiger partial charge in [-0.3, -0.25) is 4.79 Å². The second-order valence-corrected chi connectivity index (χ2v) is 5.83. The fourth-order valence-corrected chi connectivity index (χ4v) is 2.44. The van der Waals surface area contributed by atoms with Crippen LogP contribution in [0.1, 0.15) is 20.8 Å². The molecule has 2 N–H and O–H groups in total. The summed E-state index contributed by atoms with van der Waals surface area (Å²) in [6.07, 6.45) is 1.26. The van der Waals surface area contributed by atoms with E-state index < -0.39 is 5.97 Å². The maximum atomic E-state index is 12.4. The van der Waals surface area contributed by atoms with Crippen LogP contribution >= 0.6 is 11.6 Å². The number of anilines is 3. The highest BCUT2D eigenvalue weighted by molar-refractivity contribution is 6.33. The second kappa shape index (κ2) is 8.29. The van der Waals surface area contributed by atoms with Crippen LogP contribution in [0.3, 0.4) is 0 Å². The average Bonchev–Trinajstić information content (AvgIpc) is 2.70. The number of aromatic nitrogens is 2. The molecule has 0 saturated heterocycles. The molecule has 7 nitrogen and oxygen atoms in total. The van der Waals surface area contributed by atoms with Crippen LogP contribution in [0.5, 0.6) is 0 Å². The molecule has 8 heteroatoms. The smallest absolute Gasteiger partial charge is 0.337 e. The standard InChI is InChI=1S/C19H15ClN4O3/c1-27-19(26)12-7-8-14(20)15(9-12)24-17-10-16(21-11-22-17)18(25)23-13-5-3-2-4-6-13/h2-11H,1H3,(H,23,25)(H,21,22,24). The normalized spacial score (nSPS) is 10.1. The van der Waals surface area contributed by atoms with Crippen LogP contribution in [0, 0.1) is 0 Å². The molecule has 0 spiro atoms. The van der Waals surface area contributed by atoms with Gasteiger partial charge in [0.2, 0.25) is 0 Å². The van der Waals surface area contributed by atoms with Crippen LogP contribution in [-0.2, 0) is 4.74 Å². The van der Waals surface area contributed by atoms with E-state index in [1.807, 2.05) is 18.2 Å². The van der Waals surface area contributed by atoms with Crippen LogP contribution in [0.2, 0.25) is 5.02 Å². The lowest BCUT2D eigenvalue weighted by Crippen LogP contribution is -2.14. The molecule has 0 unspecified atom stereocenters. The molecule has 3 rings (SSSR count). The number of esters is 1. The first kappa shape index (κ1) is 18.3. The molecule has 2 aromatic carbocycles. The van der Waals surface area contributed by atoms with Gasteiger partial charge in [-0.05, 0) is 30.3 Å². The summed E-state index contributed by atoms with van der Waals surface area (Å²) in [4.78, 5) is 32.1. The van der Waals surface area contributed by atoms with Crippen molar-refractivity contribution in [1.29, 1.82) is 0 Å². The average molecular weight is 383 g/mol. The van der Waals surface area contributed by atoms with E-state index in [4.69, 9.17) is 16.3 Å². The molecular formula is C19H15ClN4O3. The van der Waals surface area contributed by atoms with E-state index in [1.54, 1.807) is 30.3 Å². The lowest BCUT2D eigenvalue weighted by molar-refractivity contribution is 0.0600. The Bertz CT molecular complexity index is 980. The second-order valence-electron chi connectivity index (χ2n) is 5.42. The van der Waals surface area contributed by atoms with Gasteiger partial charge in [-0.2, -0.15) is 0 Å². The zero-order chi connectivity index (χ0) is 19.2. The number of hydrogen-bond donors (Lipinski definition) is 2. The Morgan fingerprint density at radius 2 is 1.81 bits per heavy atom. The summed E-state index contributed by atoms with van der Waals surface area (Å²) < 4.78 is 4.70. The molecule has 0 aliphatic heterocycles. The van der Waals surface area contributed by atoms with E-state index in [2.05, 4.69) is 20.6 Å². The van der Waals surface area contributed by atoms with Crippen molar-refractivity contribution in [1.82, 2.24) is 9.97 Å². The van der Waals surface area contributed by atoms with E-state index in [0.29, 0.717) is 27.8 Å². The number of para-hydroxylation sites is 1. The summed E-state index contributed by atoms with van der Waals surface area (Å²) in [7, 11) is 1.30. The van der Waals surface area contributed by atoms with Gasteiger partial charge in [0.25, 0.3) is 5.91 Å². The molecule has 27 heavy (non-hydrogen) atoms. The van der Waals surface area contributed by atoms with Crippen LogP contribution in [0.4, 0.5) is 17.2 Å². The van der Waals surface area contributed by atoms with E-state index in [9.17, 15) is 9.59 Å². The molecule has 1 heterocycles. The van der Waals surface area contributed by atoms with Gasteiger partial charge in [0, 0.05) is 11.8 Å². The van der Waals surface area contributed by atoms with Gasteiger partial charge in [0.15, 0.2) is 0 Å². The van der Waals surface area contributed by atoms with Gasteiger partial charge in [0.1, 0.15) is 17.8 Å². The van der Waals surface area contributed by atoms with Crippen molar-refractivity contribution in [3.8, 4) is 0 Å². The molecule has 0 aliphatic rings. The minimum atomic E-state index is -0.486. The van der Waals surface area contributed by atoms with Gasteiger partial charge in [-0.25, -0.2) is 14.8 Å². The van der Waals surface area contributed by atoms with Crippen molar-refractivity contribution >= 4 is 40.7 Å². The van der Waals surface area contributed by atoms with Gasteiger partial charge >= 0.3 is 5.97 Å². The van der Waals surface area contributed by atoms with Crippen molar-refractivity contribution < 1.29 is 14.3 Å². The molecule has 0 atom stereocenters. The van der Waals surface area contributed by atoms with Crippen molar-refractivity contribution in [2.75, 3.05) is 17.7 Å². The molecule has 0 aliphatic carbocycles. The van der Waals surface area contributed by atoms with E-state index >= 15 is 0 Å². The van der Waals surface area contributed by atoms with Crippen LogP contribution in [-0.4, -0.2) is 29.0 Å². The molecule has 1 aromatic heterocycles. The van der Waals surface area contributed by atoms with Gasteiger partial charge < -0.3 is 15.4 Å². The Hall–Kier alpha value is -3.45. The number of carbonyl (C=O) groups is 2. The fraction of sp³-hybridized carbons (Fsp3) is 0.0526. The summed E-state index contributed by atoms with van der Waals surface area (Å²) in [6.45, 7) is 0. The summed E-state index contributed by atoms with van der Waals surface area (Å²) in [5.74, 6) is -0.506. The lowest BCUT2D eigenvalue weighted by Gasteiger charge is -2.10. The number of nitrogens with one attached hydrogen (secondary N) is 2. The van der Waals surface area contributed by atoms with Gasteiger partial charge in [0.05, 0.1) is 23.4 Å². The number of rotatable bonds is 5. The molecule has 0 saturated carbocycles. The highest BCUT2D eigenvalue weighted by Crippen LogP contribution is 2.26. The quantitative estimate of drug-likeness (QED) is 0.650. The Kier molecular flexibility index (Phi) is 5.63. The fourth-order valence-electron chi connectivity index (χ4n) is 2.27. The number of hydrogen-bond acceptors (Lipinski definition) is 6. The Morgan fingerprint density at radius 3 is 2.56 bits per heavy atom. The SMILES string of the molecule is COC(=O)c1ccc(Cl)c(Nc2cc(C(=O)Nc3ccccc3)ncn2)c1. The molecule has 0 radical (unpaired) electrons. The summed E-state index contributed by atoms with van der Waals surface area (Å²) >= 11 is 6.17. The number of carbonyl (C=O) groups excluding carboxylic acids is 2. The zero-order valence-electron chi connectivity index (χ0n) is 14.3. The maximum Gasteiger partial charge on any atom is 0.337 e. The maximum absolute atomic E-state index is 12.4. The highest BCUT2D eigenvalue weighted by atomic mass is 35.5. The highest BCUT2D eigenvalue weighted by Gasteiger charge is 2.12. The first-order valence-corrected chi connectivity index (χ1v) is 8.28. The van der Waals surface area contributed by atoms with E-state index in [1.165, 1.54) is 19.5 Å². The van der Waals surface area contributed by atoms with Crippen molar-refractivity contribution in [2.45, 2.75) is 0 Å². The number of nitrogens with zero attached hydrogens (tertiary/aromatic N) is 2. The number of amides is 1. The van der Waals surface area contributed by atoms with Crippen LogP contribution < -0.4 is 10.6 Å². The predicted octanol–water partition coefficient (Wildman–Crippen LogP) is 3.91. The van der Waals surface area contributed by atoms with Crippen molar-refractivity contribution in [2.24, 2.45) is 0 Å². The van der Waals surface area contributed by atoms with Crippen molar-refractivity contribution in [3.05, 3.63) is 77.2 Å². The molecule has 1 amide bonds. The summed E-state index contributed by atoms with van der Waals surface area (Å²) in [6, 6.07) is 15.2. The Labute approximate surface area is 160 Å². The molecular weight excluding hydrogens is 368 g/mol. The van der Waals surface area contributed by atoms with Crippen LogP contribution in [0.25, 0.3) is 0 Å². The minimum Gasteiger partial charge on any atom is -0.465 e. The molecule has 3 aromatic rings. The summed E-state index contributed by atoms with van der Waals surface area (Å²) in [5, 5.41) is 6.11. The Morgan fingerprint density at radius 1 is 1.04 bits per heavy atom. The van der Waals surface area contributed by atoms with E-state index in [-0.39, 0.29) is 11.6 Å². The van der Waals surface area contributed by atoms with Crippen LogP contribution in [0.15, 0.2) is 60.9 Å². The monoisotopic (exact) mass is 382 g/mol. The third-order valence-electron chi connectivity index (χ3n) is 3.58. The number of halogens is 1. The Balaban J connectivity index is 1.80.